The number of benzene rings is 2. The van der Waals surface area contributed by atoms with Crippen LogP contribution in [0.15, 0.2) is 54.6 Å². The van der Waals surface area contributed by atoms with E-state index in [1.165, 1.54) is 12.8 Å². The van der Waals surface area contributed by atoms with E-state index in [9.17, 15) is 4.79 Å². The maximum absolute atomic E-state index is 12.5. The zero-order valence-corrected chi connectivity index (χ0v) is 14.4. The van der Waals surface area contributed by atoms with Crippen molar-refractivity contribution in [3.8, 4) is 11.5 Å². The lowest BCUT2D eigenvalue weighted by atomic mass is 9.78. The number of nitrogens with one attached hydrogen (secondary N) is 1. The van der Waals surface area contributed by atoms with Crippen LogP contribution in [0.4, 0.5) is 0 Å². The van der Waals surface area contributed by atoms with Gasteiger partial charge in [-0.2, -0.15) is 0 Å². The maximum Gasteiger partial charge on any atom is 0.251 e. The summed E-state index contributed by atoms with van der Waals surface area (Å²) in [4.78, 5) is 12.5. The molecule has 0 bridgehead atoms. The van der Waals surface area contributed by atoms with Crippen LogP contribution in [0.5, 0.6) is 11.5 Å². The molecule has 1 fully saturated rings. The molecular formula is C21H25NO2. The van der Waals surface area contributed by atoms with Crippen LogP contribution in [0.1, 0.15) is 43.5 Å². The third-order valence-corrected chi connectivity index (χ3v) is 5.12. The molecule has 24 heavy (non-hydrogen) atoms. The number of amides is 1. The second-order valence-corrected chi connectivity index (χ2v) is 6.79. The molecule has 0 unspecified atom stereocenters. The Morgan fingerprint density at radius 3 is 2.33 bits per heavy atom. The quantitative estimate of drug-likeness (QED) is 0.856. The Kier molecular flexibility index (Phi) is 5.19. The first-order chi connectivity index (χ1) is 11.6. The Labute approximate surface area is 144 Å². The Morgan fingerprint density at radius 1 is 0.958 bits per heavy atom. The van der Waals surface area contributed by atoms with Gasteiger partial charge < -0.3 is 10.1 Å². The van der Waals surface area contributed by atoms with Gasteiger partial charge in [-0.15, -0.1) is 0 Å². The lowest BCUT2D eigenvalue weighted by molar-refractivity contribution is 0.0891. The smallest absolute Gasteiger partial charge is 0.251 e. The summed E-state index contributed by atoms with van der Waals surface area (Å²) < 4.78 is 5.76. The molecule has 0 heterocycles. The SMILES string of the molecule is C[C@H]1[C@H](C)CCC[C@H]1NC(=O)c1ccc(Oc2ccccc2)cc1. The molecule has 2 aromatic carbocycles. The number of hydrogen-bond donors (Lipinski definition) is 1. The number of carbonyl (C=O) groups excluding carboxylic acids is 1. The first kappa shape index (κ1) is 16.6. The van der Waals surface area contributed by atoms with E-state index in [1.807, 2.05) is 54.6 Å². The molecule has 1 aliphatic rings. The van der Waals surface area contributed by atoms with Gasteiger partial charge in [0.15, 0.2) is 0 Å². The summed E-state index contributed by atoms with van der Waals surface area (Å²) >= 11 is 0. The largest absolute Gasteiger partial charge is 0.457 e. The van der Waals surface area contributed by atoms with Crippen molar-refractivity contribution >= 4 is 5.91 Å². The van der Waals surface area contributed by atoms with Crippen LogP contribution in [0.25, 0.3) is 0 Å². The minimum absolute atomic E-state index is 0.00668. The highest BCUT2D eigenvalue weighted by Crippen LogP contribution is 2.29. The molecule has 1 N–H and O–H groups in total. The predicted octanol–water partition coefficient (Wildman–Crippen LogP) is 5.03. The lowest BCUT2D eigenvalue weighted by Crippen LogP contribution is -2.43. The molecule has 0 spiro atoms. The van der Waals surface area contributed by atoms with Gasteiger partial charge in [0.2, 0.25) is 0 Å². The molecule has 3 atom stereocenters. The summed E-state index contributed by atoms with van der Waals surface area (Å²) in [7, 11) is 0. The van der Waals surface area contributed by atoms with Gasteiger partial charge >= 0.3 is 0 Å². The second kappa shape index (κ2) is 7.52. The molecule has 0 radical (unpaired) electrons. The van der Waals surface area contributed by atoms with Crippen molar-refractivity contribution in [2.45, 2.75) is 39.2 Å². The summed E-state index contributed by atoms with van der Waals surface area (Å²) in [6.45, 7) is 4.52. The molecule has 126 valence electrons. The van der Waals surface area contributed by atoms with Gasteiger partial charge in [0.1, 0.15) is 11.5 Å². The summed E-state index contributed by atoms with van der Waals surface area (Å²) in [6.07, 6.45) is 3.53. The molecule has 1 saturated carbocycles. The summed E-state index contributed by atoms with van der Waals surface area (Å²) in [5.41, 5.74) is 0.681. The van der Waals surface area contributed by atoms with Crippen LogP contribution in [-0.2, 0) is 0 Å². The Morgan fingerprint density at radius 2 is 1.62 bits per heavy atom. The Bertz CT molecular complexity index is 666. The van der Waals surface area contributed by atoms with Crippen LogP contribution < -0.4 is 10.1 Å². The molecule has 0 aliphatic heterocycles. The van der Waals surface area contributed by atoms with E-state index in [1.54, 1.807) is 0 Å². The van der Waals surface area contributed by atoms with Gasteiger partial charge in [0, 0.05) is 11.6 Å². The van der Waals surface area contributed by atoms with E-state index in [0.717, 1.165) is 17.9 Å². The normalized spacial score (nSPS) is 23.5. The maximum atomic E-state index is 12.5. The van der Waals surface area contributed by atoms with Gasteiger partial charge in [-0.25, -0.2) is 0 Å². The van der Waals surface area contributed by atoms with Crippen LogP contribution in [0, 0.1) is 11.8 Å². The lowest BCUT2D eigenvalue weighted by Gasteiger charge is -2.34. The molecule has 0 aromatic heterocycles. The van der Waals surface area contributed by atoms with Crippen molar-refractivity contribution in [1.29, 1.82) is 0 Å². The van der Waals surface area contributed by atoms with Crippen molar-refractivity contribution in [1.82, 2.24) is 5.32 Å². The third kappa shape index (κ3) is 3.97. The fourth-order valence-corrected chi connectivity index (χ4v) is 3.34. The fraction of sp³-hybridized carbons (Fsp3) is 0.381. The van der Waals surface area contributed by atoms with Crippen molar-refractivity contribution in [3.63, 3.8) is 0 Å². The van der Waals surface area contributed by atoms with Crippen molar-refractivity contribution < 1.29 is 9.53 Å². The fourth-order valence-electron chi connectivity index (χ4n) is 3.34. The molecular weight excluding hydrogens is 298 g/mol. The Balaban J connectivity index is 1.61. The monoisotopic (exact) mass is 323 g/mol. The van der Waals surface area contributed by atoms with Crippen LogP contribution in [-0.4, -0.2) is 11.9 Å². The van der Waals surface area contributed by atoms with Crippen LogP contribution in [0.3, 0.4) is 0 Å². The van der Waals surface area contributed by atoms with E-state index >= 15 is 0 Å². The first-order valence-corrected chi connectivity index (χ1v) is 8.77. The first-order valence-electron chi connectivity index (χ1n) is 8.77. The summed E-state index contributed by atoms with van der Waals surface area (Å²) in [5, 5.41) is 3.20. The number of rotatable bonds is 4. The number of carbonyl (C=O) groups is 1. The second-order valence-electron chi connectivity index (χ2n) is 6.79. The minimum Gasteiger partial charge on any atom is -0.457 e. The molecule has 1 aliphatic carbocycles. The molecule has 0 saturated heterocycles. The standard InChI is InChI=1S/C21H25NO2/c1-15-7-6-10-20(16(15)2)22-21(23)17-11-13-19(14-12-17)24-18-8-4-3-5-9-18/h3-5,8-9,11-16,20H,6-7,10H2,1-2H3,(H,22,23)/t15-,16+,20-/m1/s1. The van der Waals surface area contributed by atoms with E-state index in [0.29, 0.717) is 17.4 Å². The van der Waals surface area contributed by atoms with Crippen LogP contribution >= 0.6 is 0 Å². The van der Waals surface area contributed by atoms with E-state index < -0.39 is 0 Å². The number of ether oxygens (including phenoxy) is 1. The highest BCUT2D eigenvalue weighted by Gasteiger charge is 2.28. The highest BCUT2D eigenvalue weighted by atomic mass is 16.5. The highest BCUT2D eigenvalue weighted by molar-refractivity contribution is 5.94. The van der Waals surface area contributed by atoms with Crippen molar-refractivity contribution in [2.75, 3.05) is 0 Å². The van der Waals surface area contributed by atoms with Gasteiger partial charge in [-0.3, -0.25) is 4.79 Å². The van der Waals surface area contributed by atoms with E-state index in [-0.39, 0.29) is 11.9 Å². The topological polar surface area (TPSA) is 38.3 Å². The Hall–Kier alpha value is -2.29. The van der Waals surface area contributed by atoms with E-state index in [4.69, 9.17) is 4.74 Å². The summed E-state index contributed by atoms with van der Waals surface area (Å²) in [6, 6.07) is 17.2. The number of para-hydroxylation sites is 1. The minimum atomic E-state index is 0.00668. The average molecular weight is 323 g/mol. The third-order valence-electron chi connectivity index (χ3n) is 5.12. The molecule has 3 nitrogen and oxygen atoms in total. The number of hydrogen-bond acceptors (Lipinski definition) is 2. The summed E-state index contributed by atoms with van der Waals surface area (Å²) in [5.74, 6) is 2.73. The molecule has 1 amide bonds. The van der Waals surface area contributed by atoms with Crippen molar-refractivity contribution in [2.24, 2.45) is 11.8 Å². The van der Waals surface area contributed by atoms with Crippen molar-refractivity contribution in [3.05, 3.63) is 60.2 Å². The van der Waals surface area contributed by atoms with Crippen LogP contribution in [0.2, 0.25) is 0 Å². The van der Waals surface area contributed by atoms with Gasteiger partial charge in [-0.05, 0) is 54.7 Å². The van der Waals surface area contributed by atoms with Gasteiger partial charge in [-0.1, -0.05) is 44.9 Å². The average Bonchev–Trinajstić information content (AvgIpc) is 2.60. The molecule has 3 rings (SSSR count). The predicted molar refractivity (Wildman–Crippen MR) is 96.4 cm³/mol. The molecule has 2 aromatic rings. The molecule has 3 heteroatoms. The van der Waals surface area contributed by atoms with E-state index in [2.05, 4.69) is 19.2 Å². The van der Waals surface area contributed by atoms with Gasteiger partial charge in [0.05, 0.1) is 0 Å². The zero-order valence-electron chi connectivity index (χ0n) is 14.4. The zero-order chi connectivity index (χ0) is 16.9. The van der Waals surface area contributed by atoms with Gasteiger partial charge in [0.25, 0.3) is 5.91 Å².